The number of carboxylic acids is 1. The van der Waals surface area contributed by atoms with Gasteiger partial charge in [-0.25, -0.2) is 8.78 Å². The van der Waals surface area contributed by atoms with Crippen molar-refractivity contribution in [2.45, 2.75) is 18.8 Å². The highest BCUT2D eigenvalue weighted by molar-refractivity contribution is 5.80. The number of aliphatic hydroxyl groups is 1. The Labute approximate surface area is 78.7 Å². The van der Waals surface area contributed by atoms with Crippen molar-refractivity contribution >= 4 is 11.9 Å². The molecular weight excluding hydrogens is 200 g/mol. The number of hydrogen-bond acceptors (Lipinski definition) is 3. The molecule has 0 aromatic carbocycles. The molecule has 0 aromatic rings. The number of hydrogen-bond donors (Lipinski definition) is 3. The maximum absolute atomic E-state index is 12.3. The van der Waals surface area contributed by atoms with Gasteiger partial charge in [-0.05, 0) is 0 Å². The summed E-state index contributed by atoms with van der Waals surface area (Å²) in [4.78, 5) is 20.7. The summed E-state index contributed by atoms with van der Waals surface area (Å²) >= 11 is 0. The average molecular weight is 211 g/mol. The number of carboxylic acid groups (broad SMARTS) is 1. The van der Waals surface area contributed by atoms with Crippen molar-refractivity contribution in [3.05, 3.63) is 0 Å². The van der Waals surface area contributed by atoms with Crippen LogP contribution in [0.5, 0.6) is 0 Å². The lowest BCUT2D eigenvalue weighted by Gasteiger charge is -2.13. The van der Waals surface area contributed by atoms with Crippen molar-refractivity contribution in [3.8, 4) is 0 Å². The van der Waals surface area contributed by atoms with E-state index in [1.807, 2.05) is 5.32 Å². The van der Waals surface area contributed by atoms with Gasteiger partial charge >= 0.3 is 5.97 Å². The van der Waals surface area contributed by atoms with E-state index in [0.717, 1.165) is 0 Å². The lowest BCUT2D eigenvalue weighted by molar-refractivity contribution is -0.139. The fraction of sp³-hybridized carbons (Fsp3) is 0.714. The molecule has 5 nitrogen and oxygen atoms in total. The van der Waals surface area contributed by atoms with E-state index in [1.54, 1.807) is 0 Å². The number of rotatable bonds is 6. The number of aliphatic carboxylic acids is 1. The Morgan fingerprint density at radius 2 is 1.86 bits per heavy atom. The Morgan fingerprint density at radius 3 is 2.29 bits per heavy atom. The maximum Gasteiger partial charge on any atom is 0.303 e. The molecule has 0 saturated heterocycles. The zero-order valence-electron chi connectivity index (χ0n) is 7.30. The summed E-state index contributed by atoms with van der Waals surface area (Å²) in [6.07, 6.45) is -0.757. The summed E-state index contributed by atoms with van der Waals surface area (Å²) in [7, 11) is 0. The van der Waals surface area contributed by atoms with Crippen molar-refractivity contribution in [1.29, 1.82) is 0 Å². The van der Waals surface area contributed by atoms with Crippen molar-refractivity contribution in [3.63, 3.8) is 0 Å². The van der Waals surface area contributed by atoms with Gasteiger partial charge in [0.1, 0.15) is 6.61 Å². The quantitative estimate of drug-likeness (QED) is 0.557. The lowest BCUT2D eigenvalue weighted by Crippen LogP contribution is -2.39. The molecule has 1 amide bonds. The van der Waals surface area contributed by atoms with E-state index in [1.165, 1.54) is 0 Å². The third kappa shape index (κ3) is 6.30. The maximum atomic E-state index is 12.3. The van der Waals surface area contributed by atoms with E-state index < -0.39 is 37.4 Å². The molecule has 0 spiro atoms. The van der Waals surface area contributed by atoms with E-state index in [0.29, 0.717) is 0 Å². The second-order valence-corrected chi connectivity index (χ2v) is 2.68. The second-order valence-electron chi connectivity index (χ2n) is 2.68. The van der Waals surface area contributed by atoms with Gasteiger partial charge in [-0.15, -0.1) is 0 Å². The van der Waals surface area contributed by atoms with Crippen LogP contribution in [-0.4, -0.2) is 41.2 Å². The number of amides is 1. The number of nitrogens with one attached hydrogen (secondary N) is 1. The fourth-order valence-corrected chi connectivity index (χ4v) is 0.593. The van der Waals surface area contributed by atoms with Crippen LogP contribution in [0.1, 0.15) is 12.8 Å². The normalized spacial score (nSPS) is 11.1. The Balaban J connectivity index is 3.69. The molecule has 0 aliphatic heterocycles. The highest BCUT2D eigenvalue weighted by Gasteiger charge is 2.27. The molecule has 0 unspecified atom stereocenters. The van der Waals surface area contributed by atoms with Crippen LogP contribution in [0.15, 0.2) is 0 Å². The fourth-order valence-electron chi connectivity index (χ4n) is 0.593. The molecule has 7 heteroatoms. The number of carbonyl (C=O) groups excluding carboxylic acids is 1. The van der Waals surface area contributed by atoms with E-state index in [-0.39, 0.29) is 6.42 Å². The van der Waals surface area contributed by atoms with Gasteiger partial charge in [0.25, 0.3) is 5.92 Å². The number of halogens is 2. The van der Waals surface area contributed by atoms with Crippen molar-refractivity contribution < 1.29 is 28.6 Å². The first-order valence-corrected chi connectivity index (χ1v) is 3.84. The molecule has 0 heterocycles. The van der Waals surface area contributed by atoms with E-state index in [2.05, 4.69) is 0 Å². The van der Waals surface area contributed by atoms with Crippen molar-refractivity contribution in [1.82, 2.24) is 5.32 Å². The van der Waals surface area contributed by atoms with Gasteiger partial charge in [0.15, 0.2) is 0 Å². The third-order valence-corrected chi connectivity index (χ3v) is 1.34. The van der Waals surface area contributed by atoms with Crippen molar-refractivity contribution in [2.75, 3.05) is 13.2 Å². The van der Waals surface area contributed by atoms with Crippen LogP contribution >= 0.6 is 0 Å². The van der Waals surface area contributed by atoms with Crippen LogP contribution in [0.2, 0.25) is 0 Å². The minimum Gasteiger partial charge on any atom is -0.481 e. The lowest BCUT2D eigenvalue weighted by atomic mass is 10.3. The zero-order valence-corrected chi connectivity index (χ0v) is 7.30. The molecule has 0 radical (unpaired) electrons. The molecule has 0 aromatic heterocycles. The van der Waals surface area contributed by atoms with Gasteiger partial charge < -0.3 is 15.5 Å². The molecule has 3 N–H and O–H groups in total. The summed E-state index contributed by atoms with van der Waals surface area (Å²) in [6.45, 7) is -2.34. The molecule has 0 fully saturated rings. The summed E-state index contributed by atoms with van der Waals surface area (Å²) in [5, 5.41) is 18.1. The van der Waals surface area contributed by atoms with Gasteiger partial charge in [0.05, 0.1) is 13.0 Å². The molecule has 0 bridgehead atoms. The number of carbonyl (C=O) groups is 2. The highest BCUT2D eigenvalue weighted by atomic mass is 19.3. The number of alkyl halides is 2. The molecular formula is C7H11F2NO4. The van der Waals surface area contributed by atoms with E-state index >= 15 is 0 Å². The molecule has 82 valence electrons. The first-order chi connectivity index (χ1) is 6.37. The van der Waals surface area contributed by atoms with E-state index in [9.17, 15) is 18.4 Å². The van der Waals surface area contributed by atoms with Crippen LogP contribution in [0, 0.1) is 0 Å². The third-order valence-electron chi connectivity index (χ3n) is 1.34. The van der Waals surface area contributed by atoms with Crippen LogP contribution < -0.4 is 5.32 Å². The topological polar surface area (TPSA) is 86.6 Å². The molecule has 0 aliphatic rings. The van der Waals surface area contributed by atoms with Crippen LogP contribution in [0.4, 0.5) is 8.78 Å². The van der Waals surface area contributed by atoms with Gasteiger partial charge in [-0.3, -0.25) is 9.59 Å². The average Bonchev–Trinajstić information content (AvgIpc) is 2.11. The SMILES string of the molecule is O=C(O)CCC(=O)NCC(F)(F)CO. The van der Waals surface area contributed by atoms with Crippen molar-refractivity contribution in [2.24, 2.45) is 0 Å². The molecule has 0 atom stereocenters. The van der Waals surface area contributed by atoms with Gasteiger partial charge in [0, 0.05) is 6.42 Å². The predicted molar refractivity (Wildman–Crippen MR) is 41.9 cm³/mol. The molecule has 0 saturated carbocycles. The minimum absolute atomic E-state index is 0.350. The predicted octanol–water partition coefficient (Wildman–Crippen LogP) is -0.405. The van der Waals surface area contributed by atoms with Crippen LogP contribution in [0.25, 0.3) is 0 Å². The first-order valence-electron chi connectivity index (χ1n) is 3.84. The van der Waals surface area contributed by atoms with Gasteiger partial charge in [-0.1, -0.05) is 0 Å². The first kappa shape index (κ1) is 12.8. The van der Waals surface area contributed by atoms with Crippen LogP contribution in [0.3, 0.4) is 0 Å². The summed E-state index contributed by atoms with van der Waals surface area (Å²) < 4.78 is 24.7. The Bertz CT molecular complexity index is 220. The smallest absolute Gasteiger partial charge is 0.303 e. The molecule has 0 rings (SSSR count). The Morgan fingerprint density at radius 1 is 1.29 bits per heavy atom. The number of aliphatic hydroxyl groups excluding tert-OH is 1. The zero-order chi connectivity index (χ0) is 11.2. The van der Waals surface area contributed by atoms with Crippen LogP contribution in [-0.2, 0) is 9.59 Å². The highest BCUT2D eigenvalue weighted by Crippen LogP contribution is 2.09. The molecule has 0 aliphatic carbocycles. The van der Waals surface area contributed by atoms with Gasteiger partial charge in [0.2, 0.25) is 5.91 Å². The Kier molecular flexibility index (Phi) is 5.00. The van der Waals surface area contributed by atoms with Gasteiger partial charge in [-0.2, -0.15) is 0 Å². The summed E-state index contributed by atoms with van der Waals surface area (Å²) in [5.41, 5.74) is 0. The summed E-state index contributed by atoms with van der Waals surface area (Å²) in [6, 6.07) is 0. The monoisotopic (exact) mass is 211 g/mol. The van der Waals surface area contributed by atoms with E-state index in [4.69, 9.17) is 10.2 Å². The summed E-state index contributed by atoms with van der Waals surface area (Å²) in [5.74, 6) is -5.31. The minimum atomic E-state index is -3.36. The molecule has 14 heavy (non-hydrogen) atoms. The standard InChI is InChI=1S/C7H11F2NO4/c8-7(9,4-11)3-10-5(12)1-2-6(13)14/h11H,1-4H2,(H,10,12)(H,13,14). The Hall–Kier alpha value is -1.24. The second kappa shape index (κ2) is 5.48. The largest absolute Gasteiger partial charge is 0.481 e.